The summed E-state index contributed by atoms with van der Waals surface area (Å²) in [6.07, 6.45) is 3.32. The quantitative estimate of drug-likeness (QED) is 0.521. The average molecular weight is 443 g/mol. The average Bonchev–Trinajstić information content (AvgIpc) is 3.16. The van der Waals surface area contributed by atoms with E-state index in [0.717, 1.165) is 36.2 Å². The smallest absolute Gasteiger partial charge is 0.245 e. The molecule has 1 N–H and O–H groups in total. The third kappa shape index (κ3) is 7.48. The molecule has 0 spiro atoms. The maximum atomic E-state index is 12.9. The van der Waals surface area contributed by atoms with Gasteiger partial charge in [-0.05, 0) is 25.5 Å². The number of carbonyl (C=O) groups is 2. The zero-order valence-corrected chi connectivity index (χ0v) is 20.4. The normalized spacial score (nSPS) is 11.4. The summed E-state index contributed by atoms with van der Waals surface area (Å²) in [5, 5.41) is 7.72. The number of benzene rings is 1. The van der Waals surface area contributed by atoms with Crippen molar-refractivity contribution in [2.45, 2.75) is 65.7 Å². The molecule has 0 bridgehead atoms. The molecule has 0 unspecified atom stereocenters. The fourth-order valence-electron chi connectivity index (χ4n) is 3.25. The van der Waals surface area contributed by atoms with Gasteiger partial charge >= 0.3 is 0 Å². The van der Waals surface area contributed by atoms with Gasteiger partial charge in [0.05, 0.1) is 24.5 Å². The van der Waals surface area contributed by atoms with Gasteiger partial charge in [0.1, 0.15) is 5.82 Å². The molecule has 176 valence electrons. The Kier molecular flexibility index (Phi) is 9.44. The van der Waals surface area contributed by atoms with Crippen molar-refractivity contribution in [1.82, 2.24) is 14.7 Å². The molecule has 1 aromatic carbocycles. The molecule has 1 heterocycles. The molecule has 2 aromatic rings. The van der Waals surface area contributed by atoms with Crippen molar-refractivity contribution >= 4 is 17.6 Å². The lowest BCUT2D eigenvalue weighted by molar-refractivity contribution is -0.135. The van der Waals surface area contributed by atoms with Gasteiger partial charge in [-0.15, -0.1) is 0 Å². The van der Waals surface area contributed by atoms with Gasteiger partial charge in [-0.25, -0.2) is 4.68 Å². The van der Waals surface area contributed by atoms with Crippen LogP contribution >= 0.6 is 0 Å². The van der Waals surface area contributed by atoms with Crippen LogP contribution in [0.5, 0.6) is 0 Å². The maximum Gasteiger partial charge on any atom is 0.245 e. The molecule has 0 aliphatic heterocycles. The molecule has 0 saturated carbocycles. The monoisotopic (exact) mass is 442 g/mol. The lowest BCUT2D eigenvalue weighted by Crippen LogP contribution is -2.40. The molecular weight excluding hydrogens is 404 g/mol. The number of carbonyl (C=O) groups excluding carboxylic acids is 2. The molecule has 2 rings (SSSR count). The van der Waals surface area contributed by atoms with Crippen LogP contribution in [0.1, 0.15) is 64.6 Å². The Balaban J connectivity index is 2.21. The predicted molar refractivity (Wildman–Crippen MR) is 128 cm³/mol. The first-order chi connectivity index (χ1) is 15.2. The van der Waals surface area contributed by atoms with Crippen LogP contribution in [0.25, 0.3) is 5.69 Å². The maximum absolute atomic E-state index is 12.9. The molecule has 1 aromatic heterocycles. The molecule has 0 fully saturated rings. The Morgan fingerprint density at radius 3 is 2.44 bits per heavy atom. The van der Waals surface area contributed by atoms with E-state index in [4.69, 9.17) is 9.84 Å². The Morgan fingerprint density at radius 1 is 1.16 bits per heavy atom. The van der Waals surface area contributed by atoms with E-state index in [1.54, 1.807) is 16.7 Å². The van der Waals surface area contributed by atoms with E-state index >= 15 is 0 Å². The number of rotatable bonds is 11. The van der Waals surface area contributed by atoms with Gasteiger partial charge in [-0.2, -0.15) is 5.10 Å². The van der Waals surface area contributed by atoms with E-state index in [-0.39, 0.29) is 23.8 Å². The summed E-state index contributed by atoms with van der Waals surface area (Å²) in [4.78, 5) is 27.1. The number of nitrogens with zero attached hydrogens (tertiary/aromatic N) is 3. The van der Waals surface area contributed by atoms with Gasteiger partial charge in [0, 0.05) is 31.6 Å². The number of aryl methyl sites for hydroxylation is 1. The highest BCUT2D eigenvalue weighted by molar-refractivity contribution is 5.94. The second-order valence-electron chi connectivity index (χ2n) is 9.23. The van der Waals surface area contributed by atoms with Crippen LogP contribution in [0.4, 0.5) is 5.82 Å². The minimum Gasteiger partial charge on any atom is -0.383 e. The van der Waals surface area contributed by atoms with Crippen molar-refractivity contribution in [2.24, 2.45) is 0 Å². The van der Waals surface area contributed by atoms with E-state index in [0.29, 0.717) is 25.4 Å². The summed E-state index contributed by atoms with van der Waals surface area (Å²) < 4.78 is 6.89. The van der Waals surface area contributed by atoms with Crippen molar-refractivity contribution in [3.05, 3.63) is 41.6 Å². The van der Waals surface area contributed by atoms with Crippen LogP contribution in [0.15, 0.2) is 30.3 Å². The number of ether oxygens (including phenoxy) is 1. The first-order valence-electron chi connectivity index (χ1n) is 11.4. The summed E-state index contributed by atoms with van der Waals surface area (Å²) in [5.74, 6) is 0.320. The van der Waals surface area contributed by atoms with Crippen molar-refractivity contribution in [3.63, 3.8) is 0 Å². The number of hydrogen-bond acceptors (Lipinski definition) is 4. The van der Waals surface area contributed by atoms with Gasteiger partial charge < -0.3 is 15.0 Å². The van der Waals surface area contributed by atoms with Gasteiger partial charge in [0.2, 0.25) is 11.8 Å². The topological polar surface area (TPSA) is 76.5 Å². The largest absolute Gasteiger partial charge is 0.383 e. The van der Waals surface area contributed by atoms with Crippen molar-refractivity contribution in [3.8, 4) is 5.69 Å². The van der Waals surface area contributed by atoms with Crippen LogP contribution in [0.3, 0.4) is 0 Å². The Morgan fingerprint density at radius 2 is 1.84 bits per heavy atom. The standard InChI is InChI=1S/C25H38N4O3/c1-7-8-9-10-24(31)28(15-16-32-6)18-23(30)26-22-17-21(25(3,4)5)27-29(22)20-13-11-19(2)12-14-20/h11-14,17H,7-10,15-16,18H2,1-6H3,(H,26,30). The number of hydrogen-bond donors (Lipinski definition) is 1. The summed E-state index contributed by atoms with van der Waals surface area (Å²) in [7, 11) is 1.59. The first-order valence-corrected chi connectivity index (χ1v) is 11.4. The summed E-state index contributed by atoms with van der Waals surface area (Å²) in [6.45, 7) is 11.2. The lowest BCUT2D eigenvalue weighted by atomic mass is 9.92. The molecular formula is C25H38N4O3. The molecule has 32 heavy (non-hydrogen) atoms. The molecule has 0 saturated heterocycles. The molecule has 7 heteroatoms. The summed E-state index contributed by atoms with van der Waals surface area (Å²) >= 11 is 0. The molecule has 0 radical (unpaired) electrons. The Bertz CT molecular complexity index is 882. The number of unbranched alkanes of at least 4 members (excludes halogenated alkanes) is 2. The van der Waals surface area contributed by atoms with E-state index in [1.807, 2.05) is 37.3 Å². The van der Waals surface area contributed by atoms with E-state index < -0.39 is 0 Å². The number of anilines is 1. The minimum atomic E-state index is -0.251. The third-order valence-electron chi connectivity index (χ3n) is 5.27. The summed E-state index contributed by atoms with van der Waals surface area (Å²) in [5.41, 5.74) is 2.72. The first kappa shape index (κ1) is 25.6. The molecule has 0 atom stereocenters. The number of aromatic nitrogens is 2. The van der Waals surface area contributed by atoms with Crippen LogP contribution in [0, 0.1) is 6.92 Å². The zero-order valence-electron chi connectivity index (χ0n) is 20.4. The minimum absolute atomic E-state index is 0.0156. The van der Waals surface area contributed by atoms with Crippen molar-refractivity contribution < 1.29 is 14.3 Å². The van der Waals surface area contributed by atoms with Gasteiger partial charge in [0.15, 0.2) is 0 Å². The highest BCUT2D eigenvalue weighted by Gasteiger charge is 2.23. The molecule has 0 aliphatic carbocycles. The second kappa shape index (κ2) is 11.8. The molecule has 7 nitrogen and oxygen atoms in total. The summed E-state index contributed by atoms with van der Waals surface area (Å²) in [6, 6.07) is 9.89. The third-order valence-corrected chi connectivity index (χ3v) is 5.27. The van der Waals surface area contributed by atoms with E-state index in [1.165, 1.54) is 0 Å². The Hall–Kier alpha value is -2.67. The molecule has 0 aliphatic rings. The fourth-order valence-corrected chi connectivity index (χ4v) is 3.25. The van der Waals surface area contributed by atoms with Crippen LogP contribution in [0.2, 0.25) is 0 Å². The molecule has 2 amide bonds. The predicted octanol–water partition coefficient (Wildman–Crippen LogP) is 4.47. The van der Waals surface area contributed by atoms with E-state index in [2.05, 4.69) is 33.0 Å². The van der Waals surface area contributed by atoms with Crippen LogP contribution in [-0.4, -0.2) is 53.3 Å². The Labute approximate surface area is 192 Å². The highest BCUT2D eigenvalue weighted by atomic mass is 16.5. The SMILES string of the molecule is CCCCCC(=O)N(CCOC)CC(=O)Nc1cc(C(C)(C)C)nn1-c1ccc(C)cc1. The van der Waals surface area contributed by atoms with Crippen molar-refractivity contribution in [2.75, 3.05) is 32.1 Å². The number of nitrogens with one attached hydrogen (secondary N) is 1. The highest BCUT2D eigenvalue weighted by Crippen LogP contribution is 2.26. The number of methoxy groups -OCH3 is 1. The van der Waals surface area contributed by atoms with Crippen LogP contribution < -0.4 is 5.32 Å². The van der Waals surface area contributed by atoms with Gasteiger partial charge in [0.25, 0.3) is 0 Å². The van der Waals surface area contributed by atoms with Gasteiger partial charge in [-0.3, -0.25) is 9.59 Å². The number of amides is 2. The lowest BCUT2D eigenvalue weighted by Gasteiger charge is -2.22. The fraction of sp³-hybridized carbons (Fsp3) is 0.560. The van der Waals surface area contributed by atoms with Crippen LogP contribution in [-0.2, 0) is 19.7 Å². The van der Waals surface area contributed by atoms with E-state index in [9.17, 15) is 9.59 Å². The van der Waals surface area contributed by atoms with Gasteiger partial charge in [-0.1, -0.05) is 58.2 Å². The van der Waals surface area contributed by atoms with Crippen molar-refractivity contribution in [1.29, 1.82) is 0 Å². The second-order valence-corrected chi connectivity index (χ2v) is 9.23. The zero-order chi connectivity index (χ0) is 23.7.